The molecule has 0 N–H and O–H groups in total. The van der Waals surface area contributed by atoms with E-state index in [9.17, 15) is 0 Å². The van der Waals surface area contributed by atoms with Gasteiger partial charge in [0.25, 0.3) is 0 Å². The van der Waals surface area contributed by atoms with Crippen LogP contribution in [0.1, 0.15) is 61.8 Å². The van der Waals surface area contributed by atoms with Gasteiger partial charge in [-0.1, -0.05) is 0 Å². The van der Waals surface area contributed by atoms with E-state index in [4.69, 9.17) is 4.52 Å². The Morgan fingerprint density at radius 1 is 0.905 bits per heavy atom. The van der Waals surface area contributed by atoms with Crippen LogP contribution in [0.25, 0.3) is 0 Å². The smallest absolute Gasteiger partial charge is 0.188 e. The number of nitrogens with zero attached hydrogens (tertiary/aromatic N) is 3. The maximum absolute atomic E-state index is 6.40. The third-order valence-electron chi connectivity index (χ3n) is 3.49. The summed E-state index contributed by atoms with van der Waals surface area (Å²) in [5, 5.41) is 0. The van der Waals surface area contributed by atoms with Gasteiger partial charge >= 0.3 is 0 Å². The fraction of sp³-hybridized carbons (Fsp3) is 0.938. The van der Waals surface area contributed by atoms with Crippen molar-refractivity contribution >= 4 is 14.7 Å². The summed E-state index contributed by atoms with van der Waals surface area (Å²) in [7, 11) is -0.737. The van der Waals surface area contributed by atoms with Crippen LogP contribution in [-0.2, 0) is 4.52 Å². The van der Waals surface area contributed by atoms with E-state index in [1.54, 1.807) is 0 Å². The highest BCUT2D eigenvalue weighted by Crippen LogP contribution is 2.50. The molecule has 1 unspecified atom stereocenters. The Labute approximate surface area is 132 Å². The first-order chi connectivity index (χ1) is 9.75. The Bertz CT molecular complexity index is 289. The molecular formula is C16H34N3OP. The highest BCUT2D eigenvalue weighted by atomic mass is 31.2. The van der Waals surface area contributed by atoms with Crippen molar-refractivity contribution in [3.8, 4) is 0 Å². The molecule has 4 nitrogen and oxygen atoms in total. The molecule has 1 rings (SSSR count). The molecule has 0 saturated carbocycles. The lowest BCUT2D eigenvalue weighted by Crippen LogP contribution is -2.43. The van der Waals surface area contributed by atoms with E-state index in [2.05, 4.69) is 69.7 Å². The third kappa shape index (κ3) is 5.94. The monoisotopic (exact) mass is 315 g/mol. The second-order valence-corrected chi connectivity index (χ2v) is 8.56. The molecule has 0 aromatic rings. The van der Waals surface area contributed by atoms with Crippen LogP contribution in [0.15, 0.2) is 4.99 Å². The zero-order chi connectivity index (χ0) is 16.2. The molecule has 0 spiro atoms. The zero-order valence-electron chi connectivity index (χ0n) is 15.1. The van der Waals surface area contributed by atoms with Crippen molar-refractivity contribution < 1.29 is 4.52 Å². The summed E-state index contributed by atoms with van der Waals surface area (Å²) in [4.78, 5) is 4.20. The molecule has 0 amide bonds. The number of aliphatic imine (C=N–C) groups is 1. The molecule has 0 radical (unpaired) electrons. The van der Waals surface area contributed by atoms with Gasteiger partial charge in [-0.05, 0) is 61.8 Å². The molecule has 0 aliphatic carbocycles. The molecule has 0 saturated heterocycles. The van der Waals surface area contributed by atoms with Gasteiger partial charge in [0.2, 0.25) is 0 Å². The van der Waals surface area contributed by atoms with Crippen molar-refractivity contribution in [3.63, 3.8) is 0 Å². The molecule has 0 aromatic heterocycles. The van der Waals surface area contributed by atoms with E-state index in [-0.39, 0.29) is 0 Å². The van der Waals surface area contributed by atoms with Gasteiger partial charge in [0.05, 0.1) is 12.6 Å². The Kier molecular flexibility index (Phi) is 7.77. The largest absolute Gasteiger partial charge is 0.331 e. The summed E-state index contributed by atoms with van der Waals surface area (Å²) in [6.07, 6.45) is 3.03. The molecule has 21 heavy (non-hydrogen) atoms. The van der Waals surface area contributed by atoms with E-state index >= 15 is 0 Å². The fourth-order valence-electron chi connectivity index (χ4n) is 2.70. The number of hydrogen-bond acceptors (Lipinski definition) is 4. The number of rotatable bonds is 10. The van der Waals surface area contributed by atoms with Gasteiger partial charge < -0.3 is 4.52 Å². The average Bonchev–Trinajstić information content (AvgIpc) is 3.10. The van der Waals surface area contributed by atoms with Gasteiger partial charge in [-0.25, -0.2) is 9.34 Å². The lowest BCUT2D eigenvalue weighted by molar-refractivity contribution is 0.186. The molecule has 1 heterocycles. The first-order valence-electron chi connectivity index (χ1n) is 8.28. The molecular weight excluding hydrogens is 281 g/mol. The molecule has 1 aliphatic heterocycles. The summed E-state index contributed by atoms with van der Waals surface area (Å²) >= 11 is 0. The van der Waals surface area contributed by atoms with Crippen LogP contribution in [0.4, 0.5) is 0 Å². The molecule has 1 aliphatic rings. The molecule has 0 fully saturated rings. The van der Waals surface area contributed by atoms with Crippen LogP contribution in [0.5, 0.6) is 0 Å². The quantitative estimate of drug-likeness (QED) is 0.562. The predicted molar refractivity (Wildman–Crippen MR) is 94.0 cm³/mol. The van der Waals surface area contributed by atoms with Crippen LogP contribution < -0.4 is 0 Å². The van der Waals surface area contributed by atoms with Crippen LogP contribution >= 0.6 is 8.45 Å². The van der Waals surface area contributed by atoms with Gasteiger partial charge in [0, 0.05) is 30.4 Å². The van der Waals surface area contributed by atoms with Crippen LogP contribution in [0.3, 0.4) is 0 Å². The fourth-order valence-corrected chi connectivity index (χ4v) is 5.05. The third-order valence-corrected chi connectivity index (χ3v) is 6.54. The summed E-state index contributed by atoms with van der Waals surface area (Å²) in [5.41, 5.74) is 0. The second kappa shape index (κ2) is 8.57. The minimum Gasteiger partial charge on any atom is -0.331 e. The number of hydrogen-bond donors (Lipinski definition) is 0. The summed E-state index contributed by atoms with van der Waals surface area (Å²) < 4.78 is 11.5. The maximum atomic E-state index is 6.40. The van der Waals surface area contributed by atoms with Crippen molar-refractivity contribution in [2.24, 2.45) is 4.99 Å². The second-order valence-electron chi connectivity index (χ2n) is 6.88. The summed E-state index contributed by atoms with van der Waals surface area (Å²) in [6, 6.07) is 2.36. The van der Waals surface area contributed by atoms with Gasteiger partial charge in [0.15, 0.2) is 8.45 Å². The molecule has 0 aromatic carbocycles. The van der Waals surface area contributed by atoms with Gasteiger partial charge in [-0.2, -0.15) is 0 Å². The summed E-state index contributed by atoms with van der Waals surface area (Å²) in [5.74, 6) is 0. The summed E-state index contributed by atoms with van der Waals surface area (Å²) in [6.45, 7) is 18.9. The van der Waals surface area contributed by atoms with Crippen LogP contribution in [0.2, 0.25) is 0 Å². The molecule has 1 atom stereocenters. The zero-order valence-corrected chi connectivity index (χ0v) is 16.0. The van der Waals surface area contributed by atoms with Crippen molar-refractivity contribution in [1.82, 2.24) is 9.34 Å². The van der Waals surface area contributed by atoms with Crippen LogP contribution in [-0.4, -0.2) is 52.4 Å². The molecule has 5 heteroatoms. The average molecular weight is 315 g/mol. The van der Waals surface area contributed by atoms with Gasteiger partial charge in [0.1, 0.15) is 0 Å². The highest BCUT2D eigenvalue weighted by molar-refractivity contribution is 7.47. The molecule has 124 valence electrons. The van der Waals surface area contributed by atoms with Crippen molar-refractivity contribution in [2.45, 2.75) is 92.0 Å². The Hall–Kier alpha value is -0.0200. The SMILES string of the molecule is CC(C)N(C(C)C)P(OCCC1C=N1)N(C(C)C)C(C)C. The van der Waals surface area contributed by atoms with Crippen molar-refractivity contribution in [1.29, 1.82) is 0 Å². The minimum absolute atomic E-state index is 0.444. The lowest BCUT2D eigenvalue weighted by Gasteiger charge is -2.45. The minimum atomic E-state index is -0.737. The van der Waals surface area contributed by atoms with E-state index < -0.39 is 8.45 Å². The maximum Gasteiger partial charge on any atom is 0.188 e. The van der Waals surface area contributed by atoms with Crippen molar-refractivity contribution in [2.75, 3.05) is 6.61 Å². The Morgan fingerprint density at radius 3 is 1.57 bits per heavy atom. The standard InChI is InChI=1S/C16H34N3OP/c1-12(2)18(13(3)4)21(19(14(5)6)15(7)8)20-10-9-16-11-17-16/h11-16H,9-10H2,1-8H3. The van der Waals surface area contributed by atoms with E-state index in [0.29, 0.717) is 30.2 Å². The topological polar surface area (TPSA) is 28.1 Å². The van der Waals surface area contributed by atoms with Crippen molar-refractivity contribution in [3.05, 3.63) is 0 Å². The van der Waals surface area contributed by atoms with E-state index in [0.717, 1.165) is 13.0 Å². The first kappa shape index (κ1) is 19.0. The molecule has 0 bridgehead atoms. The normalized spacial score (nSPS) is 18.5. The Morgan fingerprint density at radius 2 is 1.29 bits per heavy atom. The predicted octanol–water partition coefficient (Wildman–Crippen LogP) is 4.31. The van der Waals surface area contributed by atoms with Gasteiger partial charge in [-0.15, -0.1) is 0 Å². The van der Waals surface area contributed by atoms with Gasteiger partial charge in [-0.3, -0.25) is 4.99 Å². The Balaban J connectivity index is 2.83. The lowest BCUT2D eigenvalue weighted by atomic mass is 10.3. The van der Waals surface area contributed by atoms with E-state index in [1.807, 2.05) is 6.21 Å². The van der Waals surface area contributed by atoms with E-state index in [1.165, 1.54) is 0 Å². The van der Waals surface area contributed by atoms with Crippen LogP contribution in [0, 0.1) is 0 Å². The first-order valence-corrected chi connectivity index (χ1v) is 9.45. The highest BCUT2D eigenvalue weighted by Gasteiger charge is 2.34.